The van der Waals surface area contributed by atoms with Crippen LogP contribution < -0.4 is 5.32 Å². The second kappa shape index (κ2) is 5.03. The third-order valence-corrected chi connectivity index (χ3v) is 6.13. The molecule has 2 aromatic rings. The average Bonchev–Trinajstić information content (AvgIpc) is 3.16. The lowest BCUT2D eigenvalue weighted by Gasteiger charge is -2.37. The van der Waals surface area contributed by atoms with Crippen LogP contribution in [0.4, 0.5) is 5.69 Å². The zero-order valence-corrected chi connectivity index (χ0v) is 13.4. The van der Waals surface area contributed by atoms with Gasteiger partial charge in [0.2, 0.25) is 0 Å². The molecule has 2 aliphatic rings. The first-order valence-electron chi connectivity index (χ1n) is 7.98. The SMILES string of the molecule is C[C@](O)(C(=O)Nc1ccc2nc(C3CC3)sc2c1)C1CCC1. The minimum Gasteiger partial charge on any atom is -0.380 e. The van der Waals surface area contributed by atoms with Crippen molar-refractivity contribution < 1.29 is 9.90 Å². The van der Waals surface area contributed by atoms with Crippen LogP contribution >= 0.6 is 11.3 Å². The third kappa shape index (κ3) is 2.42. The zero-order chi connectivity index (χ0) is 15.3. The van der Waals surface area contributed by atoms with E-state index < -0.39 is 5.60 Å². The van der Waals surface area contributed by atoms with Gasteiger partial charge in [0.1, 0.15) is 5.60 Å². The van der Waals surface area contributed by atoms with Crippen LogP contribution in [0.5, 0.6) is 0 Å². The normalized spacial score (nSPS) is 21.4. The number of amides is 1. The van der Waals surface area contributed by atoms with Crippen LogP contribution in [0.1, 0.15) is 50.0 Å². The maximum absolute atomic E-state index is 12.4. The predicted molar refractivity (Wildman–Crippen MR) is 88.2 cm³/mol. The first-order valence-corrected chi connectivity index (χ1v) is 8.80. The number of benzene rings is 1. The molecule has 0 radical (unpaired) electrons. The lowest BCUT2D eigenvalue weighted by atomic mass is 9.73. The molecule has 1 heterocycles. The number of anilines is 1. The number of nitrogens with zero attached hydrogens (tertiary/aromatic N) is 1. The first-order chi connectivity index (χ1) is 10.5. The molecule has 1 aromatic heterocycles. The molecule has 0 unspecified atom stereocenters. The monoisotopic (exact) mass is 316 g/mol. The summed E-state index contributed by atoms with van der Waals surface area (Å²) in [6.07, 6.45) is 5.45. The Morgan fingerprint density at radius 3 is 2.77 bits per heavy atom. The van der Waals surface area contributed by atoms with Crippen molar-refractivity contribution in [3.05, 3.63) is 23.2 Å². The maximum atomic E-state index is 12.4. The van der Waals surface area contributed by atoms with Crippen LogP contribution in [0.2, 0.25) is 0 Å². The molecule has 1 aromatic carbocycles. The molecule has 4 nitrogen and oxygen atoms in total. The highest BCUT2D eigenvalue weighted by Crippen LogP contribution is 2.43. The summed E-state index contributed by atoms with van der Waals surface area (Å²) in [4.78, 5) is 17.0. The van der Waals surface area contributed by atoms with Crippen LogP contribution in [0.25, 0.3) is 10.2 Å². The molecule has 0 aliphatic heterocycles. The van der Waals surface area contributed by atoms with Crippen molar-refractivity contribution in [1.82, 2.24) is 4.98 Å². The van der Waals surface area contributed by atoms with E-state index in [0.29, 0.717) is 5.92 Å². The van der Waals surface area contributed by atoms with Gasteiger partial charge >= 0.3 is 0 Å². The number of hydrogen-bond acceptors (Lipinski definition) is 4. The number of hydrogen-bond donors (Lipinski definition) is 2. The Kier molecular flexibility index (Phi) is 3.24. The van der Waals surface area contributed by atoms with Crippen molar-refractivity contribution in [2.45, 2.75) is 50.5 Å². The largest absolute Gasteiger partial charge is 0.380 e. The summed E-state index contributed by atoms with van der Waals surface area (Å²) in [6.45, 7) is 1.63. The first kappa shape index (κ1) is 14.2. The van der Waals surface area contributed by atoms with Crippen LogP contribution in [0.3, 0.4) is 0 Å². The highest BCUT2D eigenvalue weighted by atomic mass is 32.1. The van der Waals surface area contributed by atoms with E-state index >= 15 is 0 Å². The van der Waals surface area contributed by atoms with E-state index in [-0.39, 0.29) is 11.8 Å². The van der Waals surface area contributed by atoms with Crippen molar-refractivity contribution in [3.8, 4) is 0 Å². The molecular formula is C17H20N2O2S. The summed E-state index contributed by atoms with van der Waals surface area (Å²) in [5, 5.41) is 14.5. The van der Waals surface area contributed by atoms with Gasteiger partial charge in [0.15, 0.2) is 0 Å². The van der Waals surface area contributed by atoms with E-state index in [9.17, 15) is 9.90 Å². The van der Waals surface area contributed by atoms with Crippen molar-refractivity contribution >= 4 is 33.1 Å². The average molecular weight is 316 g/mol. The van der Waals surface area contributed by atoms with Gasteiger partial charge in [0.25, 0.3) is 5.91 Å². The number of aliphatic hydroxyl groups is 1. The van der Waals surface area contributed by atoms with Gasteiger partial charge in [-0.2, -0.15) is 0 Å². The van der Waals surface area contributed by atoms with Gasteiger partial charge in [-0.15, -0.1) is 11.3 Å². The summed E-state index contributed by atoms with van der Waals surface area (Å²) >= 11 is 1.71. The molecule has 2 fully saturated rings. The van der Waals surface area contributed by atoms with Gasteiger partial charge in [0.05, 0.1) is 15.2 Å². The fraction of sp³-hybridized carbons (Fsp3) is 0.529. The van der Waals surface area contributed by atoms with Crippen LogP contribution in [-0.4, -0.2) is 21.6 Å². The second-order valence-corrected chi connectivity index (χ2v) is 7.80. The van der Waals surface area contributed by atoms with Crippen LogP contribution in [0, 0.1) is 5.92 Å². The Bertz CT molecular complexity index is 729. The quantitative estimate of drug-likeness (QED) is 0.905. The second-order valence-electron chi connectivity index (χ2n) is 6.74. The van der Waals surface area contributed by atoms with E-state index in [1.165, 1.54) is 17.8 Å². The maximum Gasteiger partial charge on any atom is 0.256 e. The van der Waals surface area contributed by atoms with Crippen molar-refractivity contribution in [3.63, 3.8) is 0 Å². The number of aromatic nitrogens is 1. The Hall–Kier alpha value is -1.46. The summed E-state index contributed by atoms with van der Waals surface area (Å²) in [5.74, 6) is 0.430. The molecule has 0 bridgehead atoms. The molecule has 2 aliphatic carbocycles. The highest BCUT2D eigenvalue weighted by Gasteiger charge is 2.42. The van der Waals surface area contributed by atoms with Gasteiger partial charge in [-0.1, -0.05) is 6.42 Å². The lowest BCUT2D eigenvalue weighted by Crippen LogP contribution is -2.49. The molecule has 2 N–H and O–H groups in total. The molecule has 5 heteroatoms. The number of carbonyl (C=O) groups is 1. The predicted octanol–water partition coefficient (Wildman–Crippen LogP) is 3.66. The highest BCUT2D eigenvalue weighted by molar-refractivity contribution is 7.18. The fourth-order valence-electron chi connectivity index (χ4n) is 2.94. The number of nitrogens with one attached hydrogen (secondary N) is 1. The summed E-state index contributed by atoms with van der Waals surface area (Å²) in [7, 11) is 0. The van der Waals surface area contributed by atoms with E-state index in [4.69, 9.17) is 0 Å². The third-order valence-electron chi connectivity index (χ3n) is 4.95. The van der Waals surface area contributed by atoms with Crippen molar-refractivity contribution in [2.75, 3.05) is 5.32 Å². The number of rotatable bonds is 4. The van der Waals surface area contributed by atoms with E-state index in [1.807, 2.05) is 18.2 Å². The molecule has 1 amide bonds. The van der Waals surface area contributed by atoms with E-state index in [1.54, 1.807) is 18.3 Å². The summed E-state index contributed by atoms with van der Waals surface area (Å²) in [5.41, 5.74) is 0.457. The van der Waals surface area contributed by atoms with Crippen molar-refractivity contribution in [1.29, 1.82) is 0 Å². The Labute approximate surface area is 133 Å². The van der Waals surface area contributed by atoms with Gasteiger partial charge < -0.3 is 10.4 Å². The molecule has 1 atom stereocenters. The number of carbonyl (C=O) groups excluding carboxylic acids is 1. The van der Waals surface area contributed by atoms with Crippen molar-refractivity contribution in [2.24, 2.45) is 5.92 Å². The topological polar surface area (TPSA) is 62.2 Å². The van der Waals surface area contributed by atoms with E-state index in [0.717, 1.165) is 35.2 Å². The van der Waals surface area contributed by atoms with Crippen LogP contribution in [-0.2, 0) is 4.79 Å². The molecular weight excluding hydrogens is 296 g/mol. The molecule has 116 valence electrons. The van der Waals surface area contributed by atoms with Gasteiger partial charge in [-0.25, -0.2) is 4.98 Å². The minimum atomic E-state index is -1.28. The molecule has 4 rings (SSSR count). The Balaban J connectivity index is 1.54. The number of thiazole rings is 1. The number of fused-ring (bicyclic) bond motifs is 1. The minimum absolute atomic E-state index is 0.0844. The standard InChI is InChI=1S/C17H20N2O2S/c1-17(21,11-3-2-4-11)16(20)18-12-7-8-13-14(9-12)22-15(19-13)10-5-6-10/h7-11,21H,2-6H2,1H3,(H,18,20)/t17-/m1/s1. The van der Waals surface area contributed by atoms with Gasteiger partial charge in [0, 0.05) is 11.6 Å². The lowest BCUT2D eigenvalue weighted by molar-refractivity contribution is -0.141. The zero-order valence-electron chi connectivity index (χ0n) is 12.6. The molecule has 0 spiro atoms. The Morgan fingerprint density at radius 1 is 1.36 bits per heavy atom. The smallest absolute Gasteiger partial charge is 0.256 e. The molecule has 0 saturated heterocycles. The summed E-state index contributed by atoms with van der Waals surface area (Å²) < 4.78 is 1.10. The fourth-order valence-corrected chi connectivity index (χ4v) is 4.11. The van der Waals surface area contributed by atoms with Crippen LogP contribution in [0.15, 0.2) is 18.2 Å². The van der Waals surface area contributed by atoms with Gasteiger partial charge in [-0.05, 0) is 56.7 Å². The van der Waals surface area contributed by atoms with Gasteiger partial charge in [-0.3, -0.25) is 4.79 Å². The summed E-state index contributed by atoms with van der Waals surface area (Å²) in [6, 6.07) is 5.78. The molecule has 2 saturated carbocycles. The Morgan fingerprint density at radius 2 is 2.14 bits per heavy atom. The molecule has 22 heavy (non-hydrogen) atoms. The van der Waals surface area contributed by atoms with E-state index in [2.05, 4.69) is 10.3 Å².